The van der Waals surface area contributed by atoms with Gasteiger partial charge >= 0.3 is 0 Å². The van der Waals surface area contributed by atoms with Crippen molar-refractivity contribution in [2.24, 2.45) is 0 Å². The summed E-state index contributed by atoms with van der Waals surface area (Å²) in [6, 6.07) is 5.03. The largest absolute Gasteiger partial charge is 0.309 e. The zero-order valence-corrected chi connectivity index (χ0v) is 12.6. The molecule has 0 fully saturated rings. The van der Waals surface area contributed by atoms with E-state index in [1.807, 2.05) is 29.6 Å². The zero-order valence-electron chi connectivity index (χ0n) is 11.0. The number of hydrogen-bond acceptors (Lipinski definition) is 3. The molecule has 2 heterocycles. The highest BCUT2D eigenvalue weighted by atomic mass is 32.1. The monoisotopic (exact) mass is 277 g/mol. The van der Waals surface area contributed by atoms with Crippen LogP contribution >= 0.6 is 22.7 Å². The molecule has 0 bridgehead atoms. The molecule has 1 unspecified atom stereocenters. The molecule has 0 aliphatic carbocycles. The summed E-state index contributed by atoms with van der Waals surface area (Å²) in [4.78, 5) is 1.46. The minimum atomic E-state index is 0.468. The molecule has 96 valence electrons. The van der Waals surface area contributed by atoms with Crippen LogP contribution < -0.4 is 5.32 Å². The standard InChI is InChI=1S/C15H19NS2/c1-3-5-6-7-12(16-9-4-2)14-11-15-13(18-14)8-10-17-15/h8,10-12,16H,4,6-7,9H2,1-2H3. The van der Waals surface area contributed by atoms with Gasteiger partial charge in [0.05, 0.1) is 0 Å². The third-order valence-electron chi connectivity index (χ3n) is 2.88. The summed E-state index contributed by atoms with van der Waals surface area (Å²) in [5, 5.41) is 5.81. The second-order valence-corrected chi connectivity index (χ2v) is 6.33. The van der Waals surface area contributed by atoms with Gasteiger partial charge in [-0.1, -0.05) is 6.92 Å². The Balaban J connectivity index is 2.10. The number of thiophene rings is 2. The summed E-state index contributed by atoms with van der Waals surface area (Å²) in [7, 11) is 0. The lowest BCUT2D eigenvalue weighted by Gasteiger charge is -2.15. The van der Waals surface area contributed by atoms with Crippen molar-refractivity contribution in [1.29, 1.82) is 0 Å². The van der Waals surface area contributed by atoms with E-state index < -0.39 is 0 Å². The Kier molecular flexibility index (Phi) is 5.25. The van der Waals surface area contributed by atoms with Crippen molar-refractivity contribution >= 4 is 32.1 Å². The van der Waals surface area contributed by atoms with E-state index in [9.17, 15) is 0 Å². The van der Waals surface area contributed by atoms with Gasteiger partial charge in [-0.25, -0.2) is 0 Å². The lowest BCUT2D eigenvalue weighted by atomic mass is 10.1. The van der Waals surface area contributed by atoms with Gasteiger partial charge in [0.15, 0.2) is 0 Å². The summed E-state index contributed by atoms with van der Waals surface area (Å²) < 4.78 is 2.83. The molecule has 0 saturated heterocycles. The van der Waals surface area contributed by atoms with Crippen molar-refractivity contribution in [3.8, 4) is 11.8 Å². The molecular weight excluding hydrogens is 258 g/mol. The van der Waals surface area contributed by atoms with Gasteiger partial charge in [0.1, 0.15) is 0 Å². The van der Waals surface area contributed by atoms with Gasteiger partial charge < -0.3 is 5.32 Å². The molecule has 1 N–H and O–H groups in total. The van der Waals surface area contributed by atoms with Crippen LogP contribution in [-0.4, -0.2) is 6.54 Å². The van der Waals surface area contributed by atoms with Crippen molar-refractivity contribution in [3.63, 3.8) is 0 Å². The molecule has 0 radical (unpaired) electrons. The highest BCUT2D eigenvalue weighted by molar-refractivity contribution is 7.26. The molecule has 18 heavy (non-hydrogen) atoms. The average molecular weight is 277 g/mol. The third-order valence-corrected chi connectivity index (χ3v) is 5.08. The number of rotatable bonds is 6. The fourth-order valence-corrected chi connectivity index (χ4v) is 4.19. The maximum Gasteiger partial charge on any atom is 0.0454 e. The zero-order chi connectivity index (χ0) is 12.8. The van der Waals surface area contributed by atoms with E-state index >= 15 is 0 Å². The maximum absolute atomic E-state index is 3.64. The SMILES string of the molecule is CC#CCCC(NCCC)c1cc2sccc2s1. The first-order valence-electron chi connectivity index (χ1n) is 6.45. The van der Waals surface area contributed by atoms with E-state index in [2.05, 4.69) is 41.6 Å². The minimum absolute atomic E-state index is 0.468. The Morgan fingerprint density at radius 1 is 1.39 bits per heavy atom. The molecule has 3 heteroatoms. The van der Waals surface area contributed by atoms with Crippen LogP contribution in [0.3, 0.4) is 0 Å². The molecule has 2 aromatic heterocycles. The molecule has 1 atom stereocenters. The van der Waals surface area contributed by atoms with E-state index in [1.165, 1.54) is 20.7 Å². The van der Waals surface area contributed by atoms with Crippen LogP contribution in [0.15, 0.2) is 17.5 Å². The second-order valence-electron chi connectivity index (χ2n) is 4.27. The fraction of sp³-hybridized carbons (Fsp3) is 0.467. The molecule has 0 saturated carbocycles. The quantitative estimate of drug-likeness (QED) is 0.747. The topological polar surface area (TPSA) is 12.0 Å². The normalized spacial score (nSPS) is 12.3. The highest BCUT2D eigenvalue weighted by Gasteiger charge is 2.13. The first kappa shape index (κ1) is 13.6. The van der Waals surface area contributed by atoms with Gasteiger partial charge in [-0.3, -0.25) is 0 Å². The molecule has 2 rings (SSSR count). The van der Waals surface area contributed by atoms with E-state index in [-0.39, 0.29) is 0 Å². The van der Waals surface area contributed by atoms with Crippen LogP contribution in [0.1, 0.15) is 44.0 Å². The summed E-state index contributed by atoms with van der Waals surface area (Å²) in [5.74, 6) is 6.15. The maximum atomic E-state index is 3.64. The Bertz CT molecular complexity index is 513. The molecule has 0 spiro atoms. The van der Waals surface area contributed by atoms with Crippen LogP contribution in [0, 0.1) is 11.8 Å². The van der Waals surface area contributed by atoms with Crippen molar-refractivity contribution < 1.29 is 0 Å². The van der Waals surface area contributed by atoms with E-state index in [4.69, 9.17) is 0 Å². The van der Waals surface area contributed by atoms with E-state index in [0.717, 1.165) is 19.4 Å². The predicted molar refractivity (Wildman–Crippen MR) is 83.4 cm³/mol. The Morgan fingerprint density at radius 2 is 2.28 bits per heavy atom. The van der Waals surface area contributed by atoms with Crippen LogP contribution in [0.2, 0.25) is 0 Å². The first-order valence-corrected chi connectivity index (χ1v) is 8.14. The fourth-order valence-electron chi connectivity index (χ4n) is 1.96. The summed E-state index contributed by atoms with van der Waals surface area (Å²) >= 11 is 3.75. The smallest absolute Gasteiger partial charge is 0.0454 e. The third kappa shape index (κ3) is 3.35. The van der Waals surface area contributed by atoms with Crippen molar-refractivity contribution in [3.05, 3.63) is 22.4 Å². The molecule has 2 aromatic rings. The minimum Gasteiger partial charge on any atom is -0.309 e. The first-order chi connectivity index (χ1) is 8.85. The molecular formula is C15H19NS2. The summed E-state index contributed by atoms with van der Waals surface area (Å²) in [5.41, 5.74) is 0. The lowest BCUT2D eigenvalue weighted by molar-refractivity contribution is 0.513. The predicted octanol–water partition coefficient (Wildman–Crippen LogP) is 4.81. The molecule has 1 nitrogen and oxygen atoms in total. The van der Waals surface area contributed by atoms with Gasteiger partial charge in [0.25, 0.3) is 0 Å². The lowest BCUT2D eigenvalue weighted by Crippen LogP contribution is -2.21. The Labute approximate surface area is 117 Å². The van der Waals surface area contributed by atoms with Gasteiger partial charge in [-0.2, -0.15) is 0 Å². The Hall–Kier alpha value is -0.820. The molecule has 0 aliphatic rings. The number of hydrogen-bond donors (Lipinski definition) is 1. The second kappa shape index (κ2) is 6.94. The molecule has 0 aromatic carbocycles. The van der Waals surface area contributed by atoms with Crippen molar-refractivity contribution in [2.45, 2.75) is 39.2 Å². The van der Waals surface area contributed by atoms with Gasteiger partial charge in [-0.15, -0.1) is 34.5 Å². The van der Waals surface area contributed by atoms with Crippen molar-refractivity contribution in [1.82, 2.24) is 5.32 Å². The van der Waals surface area contributed by atoms with Gasteiger partial charge in [0, 0.05) is 26.7 Å². The highest BCUT2D eigenvalue weighted by Crippen LogP contribution is 2.34. The number of nitrogens with one attached hydrogen (secondary N) is 1. The van der Waals surface area contributed by atoms with Crippen LogP contribution in [0.25, 0.3) is 9.40 Å². The van der Waals surface area contributed by atoms with Crippen LogP contribution in [-0.2, 0) is 0 Å². The molecule has 0 amide bonds. The van der Waals surface area contributed by atoms with Crippen molar-refractivity contribution in [2.75, 3.05) is 6.54 Å². The van der Waals surface area contributed by atoms with E-state index in [1.54, 1.807) is 0 Å². The van der Waals surface area contributed by atoms with E-state index in [0.29, 0.717) is 6.04 Å². The van der Waals surface area contributed by atoms with Crippen LogP contribution in [0.4, 0.5) is 0 Å². The average Bonchev–Trinajstić information content (AvgIpc) is 2.94. The van der Waals surface area contributed by atoms with Gasteiger partial charge in [-0.05, 0) is 43.8 Å². The summed E-state index contributed by atoms with van der Waals surface area (Å²) in [6.45, 7) is 5.20. The van der Waals surface area contributed by atoms with Gasteiger partial charge in [0.2, 0.25) is 0 Å². The summed E-state index contributed by atoms with van der Waals surface area (Å²) in [6.07, 6.45) is 3.26. The number of fused-ring (bicyclic) bond motifs is 1. The Morgan fingerprint density at radius 3 is 3.00 bits per heavy atom. The van der Waals surface area contributed by atoms with Crippen LogP contribution in [0.5, 0.6) is 0 Å². The molecule has 0 aliphatic heterocycles.